The van der Waals surface area contributed by atoms with E-state index in [1.54, 1.807) is 0 Å². The lowest BCUT2D eigenvalue weighted by Crippen LogP contribution is -3.00. The number of carbonyl (C=O) groups excluding carboxylic acids is 2. The number of amides is 2. The van der Waals surface area contributed by atoms with Crippen LogP contribution in [0.15, 0.2) is 24.3 Å². The monoisotopic (exact) mass is 410 g/mol. The molecule has 0 spiro atoms. The second kappa shape index (κ2) is 10.1. The van der Waals surface area contributed by atoms with Gasteiger partial charge in [0.2, 0.25) is 5.91 Å². The van der Waals surface area contributed by atoms with Crippen LogP contribution in [-0.2, 0) is 11.3 Å². The fourth-order valence-electron chi connectivity index (χ4n) is 3.50. The summed E-state index contributed by atoms with van der Waals surface area (Å²) in [5, 5.41) is 0. The van der Waals surface area contributed by atoms with Gasteiger partial charge < -0.3 is 21.5 Å². The fourth-order valence-corrected chi connectivity index (χ4v) is 3.50. The molecular weight excluding hydrogens is 380 g/mol. The summed E-state index contributed by atoms with van der Waals surface area (Å²) in [5.74, 6) is -0.170. The molecule has 1 fully saturated rings. The molecule has 0 unspecified atom stereocenters. The van der Waals surface area contributed by atoms with Gasteiger partial charge in [-0.1, -0.05) is 18.6 Å². The van der Waals surface area contributed by atoms with E-state index in [1.807, 2.05) is 24.3 Å². The van der Waals surface area contributed by atoms with Crippen LogP contribution in [0.4, 0.5) is 0 Å². The Balaban J connectivity index is 0.00000312. The number of hydrogen-bond acceptors (Lipinski definition) is 2. The topological polar surface area (TPSA) is 37.4 Å². The molecule has 1 aliphatic heterocycles. The Hall–Kier alpha value is -1.20. The number of quaternary nitrogens is 1. The van der Waals surface area contributed by atoms with E-state index in [-0.39, 0.29) is 28.8 Å². The first kappa shape index (κ1) is 21.8. The lowest BCUT2D eigenvalue weighted by molar-refractivity contribution is -0.936. The molecule has 0 bridgehead atoms. The summed E-state index contributed by atoms with van der Waals surface area (Å²) in [4.78, 5) is 26.2. The highest BCUT2D eigenvalue weighted by Gasteiger charge is 2.25. The zero-order valence-corrected chi connectivity index (χ0v) is 17.3. The molecule has 2 amide bonds. The molecule has 2 rings (SSSR count). The van der Waals surface area contributed by atoms with Gasteiger partial charge in [0.25, 0.3) is 5.91 Å². The Morgan fingerprint density at radius 2 is 1.60 bits per heavy atom. The van der Waals surface area contributed by atoms with Gasteiger partial charge in [-0.2, -0.15) is 0 Å². The third kappa shape index (κ3) is 5.38. The van der Waals surface area contributed by atoms with Crippen molar-refractivity contribution in [2.24, 2.45) is 0 Å². The molecule has 1 saturated heterocycles. The molecule has 1 aromatic rings. The summed E-state index contributed by atoms with van der Waals surface area (Å²) < 4.78 is 1.05. The molecule has 140 valence electrons. The maximum absolute atomic E-state index is 12.6. The predicted molar refractivity (Wildman–Crippen MR) is 96.5 cm³/mol. The number of hydrogen-bond donors (Lipinski definition) is 0. The molecule has 5 heteroatoms. The summed E-state index contributed by atoms with van der Waals surface area (Å²) in [7, 11) is 0. The Bertz CT molecular complexity index is 559. The average molecular weight is 411 g/mol. The Morgan fingerprint density at radius 3 is 2.16 bits per heavy atom. The van der Waals surface area contributed by atoms with Gasteiger partial charge in [-0.25, -0.2) is 0 Å². The first-order chi connectivity index (χ1) is 11.5. The molecular formula is C20H31BrN2O2. The van der Waals surface area contributed by atoms with E-state index in [9.17, 15) is 9.59 Å². The number of benzene rings is 1. The first-order valence-corrected chi connectivity index (χ1v) is 9.34. The number of rotatable bonds is 6. The molecule has 1 aromatic carbocycles. The molecule has 0 N–H and O–H groups in total. The lowest BCUT2D eigenvalue weighted by Gasteiger charge is -2.35. The molecule has 4 nitrogen and oxygen atoms in total. The van der Waals surface area contributed by atoms with E-state index in [1.165, 1.54) is 10.5 Å². The highest BCUT2D eigenvalue weighted by molar-refractivity contribution is 6.04. The SMILES string of the molecule is CC[N+](CC)(CC)Cc1ccc(C(=O)N2CCCCCC2=O)cc1.[Br-]. The minimum absolute atomic E-state index is 0. The van der Waals surface area contributed by atoms with Gasteiger partial charge in [-0.05, 0) is 45.7 Å². The van der Waals surface area contributed by atoms with Crippen LogP contribution in [0.2, 0.25) is 0 Å². The molecule has 1 aliphatic rings. The van der Waals surface area contributed by atoms with Crippen molar-refractivity contribution >= 4 is 11.8 Å². The quantitative estimate of drug-likeness (QED) is 0.508. The molecule has 25 heavy (non-hydrogen) atoms. The summed E-state index contributed by atoms with van der Waals surface area (Å²) in [6.07, 6.45) is 3.33. The average Bonchev–Trinajstić information content (AvgIpc) is 2.84. The second-order valence-corrected chi connectivity index (χ2v) is 6.81. The van der Waals surface area contributed by atoms with Crippen molar-refractivity contribution < 1.29 is 31.1 Å². The standard InChI is InChI=1S/C20H31N2O2.BrH/c1-4-22(5-2,6-3)16-17-11-13-18(14-12-17)20(24)21-15-9-7-8-10-19(21)23;/h11-14H,4-10,15-16H2,1-3H3;1H/q+1;/p-1. The fraction of sp³-hybridized carbons (Fsp3) is 0.600. The van der Waals surface area contributed by atoms with E-state index < -0.39 is 0 Å². The molecule has 0 aromatic heterocycles. The lowest BCUT2D eigenvalue weighted by atomic mass is 10.1. The van der Waals surface area contributed by atoms with Gasteiger partial charge in [0.1, 0.15) is 6.54 Å². The van der Waals surface area contributed by atoms with E-state index >= 15 is 0 Å². The zero-order valence-electron chi connectivity index (χ0n) is 15.8. The first-order valence-electron chi connectivity index (χ1n) is 9.34. The van der Waals surface area contributed by atoms with E-state index in [2.05, 4.69) is 20.8 Å². The number of carbonyl (C=O) groups is 2. The molecule has 0 atom stereocenters. The normalized spacial score (nSPS) is 15.5. The van der Waals surface area contributed by atoms with Crippen molar-refractivity contribution in [2.75, 3.05) is 26.2 Å². The smallest absolute Gasteiger partial charge is 0.260 e. The Morgan fingerprint density at radius 1 is 1.00 bits per heavy atom. The summed E-state index contributed by atoms with van der Waals surface area (Å²) in [6.45, 7) is 11.6. The van der Waals surface area contributed by atoms with Crippen LogP contribution >= 0.6 is 0 Å². The molecule has 1 heterocycles. The highest BCUT2D eigenvalue weighted by Crippen LogP contribution is 2.18. The second-order valence-electron chi connectivity index (χ2n) is 6.81. The maximum Gasteiger partial charge on any atom is 0.260 e. The maximum atomic E-state index is 12.6. The van der Waals surface area contributed by atoms with Gasteiger partial charge in [-0.3, -0.25) is 14.5 Å². The van der Waals surface area contributed by atoms with Crippen LogP contribution in [-0.4, -0.2) is 47.4 Å². The molecule has 0 saturated carbocycles. The van der Waals surface area contributed by atoms with Gasteiger partial charge >= 0.3 is 0 Å². The van der Waals surface area contributed by atoms with Crippen molar-refractivity contribution in [1.82, 2.24) is 4.90 Å². The largest absolute Gasteiger partial charge is 1.00 e. The summed E-state index contributed by atoms with van der Waals surface area (Å²) in [5.41, 5.74) is 1.87. The van der Waals surface area contributed by atoms with Crippen LogP contribution in [0.1, 0.15) is 62.4 Å². The number of imide groups is 1. The summed E-state index contributed by atoms with van der Waals surface area (Å²) >= 11 is 0. The van der Waals surface area contributed by atoms with E-state index in [4.69, 9.17) is 0 Å². The predicted octanol–water partition coefficient (Wildman–Crippen LogP) is 0.610. The number of halogens is 1. The van der Waals surface area contributed by atoms with Crippen LogP contribution in [0.25, 0.3) is 0 Å². The number of nitrogens with zero attached hydrogens (tertiary/aromatic N) is 2. The Labute approximate surface area is 162 Å². The van der Waals surface area contributed by atoms with Crippen molar-refractivity contribution in [3.63, 3.8) is 0 Å². The van der Waals surface area contributed by atoms with Crippen molar-refractivity contribution in [3.05, 3.63) is 35.4 Å². The van der Waals surface area contributed by atoms with Gasteiger partial charge in [0, 0.05) is 24.1 Å². The Kier molecular flexibility index (Phi) is 8.80. The van der Waals surface area contributed by atoms with Crippen molar-refractivity contribution in [3.8, 4) is 0 Å². The number of likely N-dealkylation sites (tertiary alicyclic amines) is 1. The van der Waals surface area contributed by atoms with E-state index in [0.717, 1.165) is 49.9 Å². The van der Waals surface area contributed by atoms with Crippen LogP contribution in [0.3, 0.4) is 0 Å². The minimum atomic E-state index is -0.143. The van der Waals surface area contributed by atoms with Crippen LogP contribution in [0, 0.1) is 0 Å². The minimum Gasteiger partial charge on any atom is -1.00 e. The van der Waals surface area contributed by atoms with Gasteiger partial charge in [-0.15, -0.1) is 0 Å². The van der Waals surface area contributed by atoms with Crippen molar-refractivity contribution in [2.45, 2.75) is 53.0 Å². The zero-order chi connectivity index (χ0) is 17.6. The molecule has 0 radical (unpaired) electrons. The highest BCUT2D eigenvalue weighted by atomic mass is 79.9. The third-order valence-electron chi connectivity index (χ3n) is 5.55. The molecule has 0 aliphatic carbocycles. The van der Waals surface area contributed by atoms with Gasteiger partial charge in [0.15, 0.2) is 0 Å². The summed E-state index contributed by atoms with van der Waals surface area (Å²) in [6, 6.07) is 7.85. The third-order valence-corrected chi connectivity index (χ3v) is 5.55. The van der Waals surface area contributed by atoms with Gasteiger partial charge in [0.05, 0.1) is 19.6 Å². The van der Waals surface area contributed by atoms with Crippen LogP contribution < -0.4 is 17.0 Å². The van der Waals surface area contributed by atoms with E-state index in [0.29, 0.717) is 18.5 Å². The van der Waals surface area contributed by atoms with Crippen molar-refractivity contribution in [1.29, 1.82) is 0 Å². The van der Waals surface area contributed by atoms with Crippen LogP contribution in [0.5, 0.6) is 0 Å².